The van der Waals surface area contributed by atoms with Gasteiger partial charge in [0.05, 0.1) is 0 Å². The Morgan fingerprint density at radius 3 is 2.40 bits per heavy atom. The third-order valence-corrected chi connectivity index (χ3v) is 4.23. The second kappa shape index (κ2) is 7.47. The minimum absolute atomic E-state index is 0.330. The van der Waals surface area contributed by atoms with E-state index in [2.05, 4.69) is 78.0 Å². The van der Waals surface area contributed by atoms with Crippen LogP contribution in [0.1, 0.15) is 60.8 Å². The summed E-state index contributed by atoms with van der Waals surface area (Å²) in [5.41, 5.74) is 6.02. The molecule has 0 radical (unpaired) electrons. The van der Waals surface area contributed by atoms with Gasteiger partial charge in [-0.25, -0.2) is 0 Å². The quantitative estimate of drug-likeness (QED) is 0.509. The summed E-state index contributed by atoms with van der Waals surface area (Å²) in [5.74, 6) is 0. The van der Waals surface area contributed by atoms with E-state index in [9.17, 15) is 0 Å². The second-order valence-electron chi connectivity index (χ2n) is 6.57. The van der Waals surface area contributed by atoms with E-state index in [0.717, 1.165) is 0 Å². The monoisotopic (exact) mass is 270 g/mol. The Bertz CT molecular complexity index is 476. The smallest absolute Gasteiger partial charge is 0.0104 e. The molecular weight excluding hydrogens is 240 g/mol. The van der Waals surface area contributed by atoms with Crippen LogP contribution in [-0.4, -0.2) is 0 Å². The van der Waals surface area contributed by atoms with Crippen LogP contribution in [0.4, 0.5) is 0 Å². The van der Waals surface area contributed by atoms with Crippen molar-refractivity contribution in [3.63, 3.8) is 0 Å². The normalized spacial score (nSPS) is 21.3. The van der Waals surface area contributed by atoms with Crippen molar-refractivity contribution >= 4 is 0 Å². The van der Waals surface area contributed by atoms with Gasteiger partial charge in [0.25, 0.3) is 0 Å². The van der Waals surface area contributed by atoms with Crippen molar-refractivity contribution in [3.05, 3.63) is 58.7 Å². The average molecular weight is 270 g/mol. The minimum atomic E-state index is 0.330. The molecule has 0 heterocycles. The molecule has 0 aromatic rings. The van der Waals surface area contributed by atoms with E-state index in [1.807, 2.05) is 0 Å². The maximum absolute atomic E-state index is 2.36. The van der Waals surface area contributed by atoms with Crippen molar-refractivity contribution in [2.75, 3.05) is 0 Å². The molecule has 0 spiro atoms. The van der Waals surface area contributed by atoms with Gasteiger partial charge >= 0.3 is 0 Å². The first kappa shape index (κ1) is 16.8. The predicted molar refractivity (Wildman–Crippen MR) is 91.8 cm³/mol. The summed E-state index contributed by atoms with van der Waals surface area (Å²) < 4.78 is 0. The lowest BCUT2D eigenvalue weighted by Gasteiger charge is -2.32. The third-order valence-electron chi connectivity index (χ3n) is 4.23. The zero-order valence-corrected chi connectivity index (χ0v) is 14.1. The van der Waals surface area contributed by atoms with E-state index in [-0.39, 0.29) is 0 Å². The topological polar surface area (TPSA) is 0 Å². The highest BCUT2D eigenvalue weighted by Gasteiger charge is 2.26. The van der Waals surface area contributed by atoms with Crippen LogP contribution in [0.25, 0.3) is 0 Å². The Hall–Kier alpha value is -1.30. The maximum atomic E-state index is 2.36. The molecule has 20 heavy (non-hydrogen) atoms. The Morgan fingerprint density at radius 1 is 1.10 bits per heavy atom. The molecule has 110 valence electrons. The third kappa shape index (κ3) is 5.00. The fourth-order valence-corrected chi connectivity index (χ4v) is 2.73. The Labute approximate surface area is 125 Å². The molecule has 1 rings (SSSR count). The number of rotatable bonds is 4. The van der Waals surface area contributed by atoms with Crippen LogP contribution < -0.4 is 0 Å². The summed E-state index contributed by atoms with van der Waals surface area (Å²) in [7, 11) is 0. The molecule has 0 aromatic heterocycles. The lowest BCUT2D eigenvalue weighted by Crippen LogP contribution is -2.19. The molecule has 0 fully saturated rings. The van der Waals surface area contributed by atoms with Gasteiger partial charge in [0.15, 0.2) is 0 Å². The zero-order chi connectivity index (χ0) is 15.2. The molecule has 0 nitrogen and oxygen atoms in total. The van der Waals surface area contributed by atoms with Crippen molar-refractivity contribution in [2.45, 2.75) is 60.8 Å². The van der Waals surface area contributed by atoms with Gasteiger partial charge in [0.2, 0.25) is 0 Å². The van der Waals surface area contributed by atoms with E-state index < -0.39 is 0 Å². The molecule has 0 heteroatoms. The van der Waals surface area contributed by atoms with Crippen LogP contribution in [0.15, 0.2) is 58.7 Å². The van der Waals surface area contributed by atoms with Gasteiger partial charge in [-0.1, -0.05) is 67.0 Å². The minimum Gasteiger partial charge on any atom is -0.0847 e. The van der Waals surface area contributed by atoms with E-state index >= 15 is 0 Å². The number of hydrogen-bond donors (Lipinski definition) is 0. The Morgan fingerprint density at radius 2 is 1.80 bits per heavy atom. The first-order chi connectivity index (χ1) is 9.36. The van der Waals surface area contributed by atoms with E-state index in [4.69, 9.17) is 0 Å². The zero-order valence-electron chi connectivity index (χ0n) is 14.1. The van der Waals surface area contributed by atoms with Crippen LogP contribution in [0.2, 0.25) is 0 Å². The van der Waals surface area contributed by atoms with Crippen molar-refractivity contribution in [1.82, 2.24) is 0 Å². The summed E-state index contributed by atoms with van der Waals surface area (Å²) in [5, 5.41) is 0. The van der Waals surface area contributed by atoms with Crippen LogP contribution in [0.5, 0.6) is 0 Å². The molecule has 0 aromatic carbocycles. The molecular formula is C20H30. The fraction of sp³-hybridized carbons (Fsp3) is 0.500. The largest absolute Gasteiger partial charge is 0.0847 e. The van der Waals surface area contributed by atoms with Crippen LogP contribution in [-0.2, 0) is 0 Å². The van der Waals surface area contributed by atoms with Crippen LogP contribution in [0, 0.1) is 5.41 Å². The fourth-order valence-electron chi connectivity index (χ4n) is 2.73. The van der Waals surface area contributed by atoms with Crippen molar-refractivity contribution in [1.29, 1.82) is 0 Å². The second-order valence-corrected chi connectivity index (χ2v) is 6.57. The van der Waals surface area contributed by atoms with Crippen molar-refractivity contribution in [3.8, 4) is 0 Å². The molecule has 0 amide bonds. The summed E-state index contributed by atoms with van der Waals surface area (Å²) >= 11 is 0. The van der Waals surface area contributed by atoms with Gasteiger partial charge in [0.1, 0.15) is 0 Å². The van der Waals surface area contributed by atoms with E-state index in [1.54, 1.807) is 5.57 Å². The first-order valence-electron chi connectivity index (χ1n) is 7.73. The Balaban J connectivity index is 2.81. The average Bonchev–Trinajstić information content (AvgIpc) is 2.37. The standard InChI is InChI=1S/C20H30/c1-7-16(2)10-8-11-17(3)13-14-19-18(4)12-9-15-20(19,5)6/h7-8,10-11,13-14H,9,12,15H2,1-6H3/b10-8+,14-13+,16-7-,17-11+. The summed E-state index contributed by atoms with van der Waals surface area (Å²) in [4.78, 5) is 0. The molecule has 0 bridgehead atoms. The molecule has 0 saturated carbocycles. The van der Waals surface area contributed by atoms with Crippen LogP contribution >= 0.6 is 0 Å². The van der Waals surface area contributed by atoms with E-state index in [0.29, 0.717) is 5.41 Å². The summed E-state index contributed by atoms with van der Waals surface area (Å²) in [6.45, 7) is 13.4. The van der Waals surface area contributed by atoms with Gasteiger partial charge in [-0.15, -0.1) is 0 Å². The lowest BCUT2D eigenvalue weighted by molar-refractivity contribution is 0.377. The summed E-state index contributed by atoms with van der Waals surface area (Å²) in [6, 6.07) is 0. The lowest BCUT2D eigenvalue weighted by atomic mass is 9.72. The first-order valence-corrected chi connectivity index (χ1v) is 7.73. The van der Waals surface area contributed by atoms with Gasteiger partial charge in [-0.2, -0.15) is 0 Å². The van der Waals surface area contributed by atoms with Crippen molar-refractivity contribution < 1.29 is 0 Å². The molecule has 0 aliphatic heterocycles. The number of allylic oxidation sites excluding steroid dienone is 10. The molecule has 1 aliphatic carbocycles. The molecule has 0 atom stereocenters. The summed E-state index contributed by atoms with van der Waals surface area (Å²) in [6.07, 6.45) is 17.0. The highest BCUT2D eigenvalue weighted by molar-refractivity contribution is 5.37. The molecule has 0 unspecified atom stereocenters. The SMILES string of the molecule is C\C=C(C)/C=C/C=C(C)/C=C/C1=C(C)CCCC1(C)C. The molecule has 1 aliphatic rings. The van der Waals surface area contributed by atoms with Gasteiger partial charge < -0.3 is 0 Å². The predicted octanol–water partition coefficient (Wildman–Crippen LogP) is 6.54. The molecule has 0 N–H and O–H groups in total. The van der Waals surface area contributed by atoms with Gasteiger partial charge in [-0.3, -0.25) is 0 Å². The highest BCUT2D eigenvalue weighted by atomic mass is 14.3. The van der Waals surface area contributed by atoms with Crippen molar-refractivity contribution in [2.24, 2.45) is 5.41 Å². The van der Waals surface area contributed by atoms with Gasteiger partial charge in [0, 0.05) is 0 Å². The molecule has 0 saturated heterocycles. The maximum Gasteiger partial charge on any atom is -0.0104 e. The highest BCUT2D eigenvalue weighted by Crippen LogP contribution is 2.40. The van der Waals surface area contributed by atoms with E-state index in [1.165, 1.54) is 36.0 Å². The van der Waals surface area contributed by atoms with Crippen LogP contribution in [0.3, 0.4) is 0 Å². The van der Waals surface area contributed by atoms with Gasteiger partial charge in [-0.05, 0) is 57.9 Å². The Kier molecular flexibility index (Phi) is 6.26. The number of hydrogen-bond acceptors (Lipinski definition) is 0.